The molecule has 206 valence electrons. The highest BCUT2D eigenvalue weighted by Gasteiger charge is 2.21. The van der Waals surface area contributed by atoms with Crippen molar-refractivity contribution in [2.75, 3.05) is 46.3 Å². The van der Waals surface area contributed by atoms with E-state index in [4.69, 9.17) is 4.99 Å². The number of benzene rings is 3. The van der Waals surface area contributed by atoms with Gasteiger partial charge in [-0.05, 0) is 55.9 Å². The minimum Gasteiger partial charge on any atom is -0.494 e. The number of aromatic nitrogens is 1. The van der Waals surface area contributed by atoms with Gasteiger partial charge in [-0.1, -0.05) is 30.3 Å². The van der Waals surface area contributed by atoms with Gasteiger partial charge >= 0.3 is 5.97 Å². The van der Waals surface area contributed by atoms with Crippen LogP contribution in [-0.2, 0) is 0 Å². The predicted octanol–water partition coefficient (Wildman–Crippen LogP) is 4.03. The van der Waals surface area contributed by atoms with Crippen LogP contribution < -0.4 is 5.32 Å². The smallest absolute Gasteiger partial charge is 0.336 e. The number of aromatic amines is 1. The van der Waals surface area contributed by atoms with E-state index < -0.39 is 5.97 Å². The van der Waals surface area contributed by atoms with Gasteiger partial charge in [-0.2, -0.15) is 0 Å². The lowest BCUT2D eigenvalue weighted by Gasteiger charge is -2.32. The Morgan fingerprint density at radius 2 is 1.68 bits per heavy atom. The number of rotatable bonds is 8. The van der Waals surface area contributed by atoms with E-state index in [2.05, 4.69) is 27.1 Å². The Labute approximate surface area is 232 Å². The quantitative estimate of drug-likeness (QED) is 0.251. The molecule has 1 aromatic heterocycles. The number of fused-ring (bicyclic) bond motifs is 1. The molecule has 1 fully saturated rings. The summed E-state index contributed by atoms with van der Waals surface area (Å²) in [5, 5.41) is 24.1. The average Bonchev–Trinajstić information content (AvgIpc) is 3.27. The predicted molar refractivity (Wildman–Crippen MR) is 156 cm³/mol. The topological polar surface area (TPSA) is 121 Å². The third-order valence-corrected chi connectivity index (χ3v) is 7.32. The molecule has 1 saturated heterocycles. The molecule has 9 nitrogen and oxygen atoms in total. The van der Waals surface area contributed by atoms with Crippen LogP contribution in [0.4, 0.5) is 5.69 Å². The van der Waals surface area contributed by atoms with Crippen molar-refractivity contribution in [2.24, 2.45) is 4.99 Å². The second kappa shape index (κ2) is 11.7. The second-order valence-electron chi connectivity index (χ2n) is 10.1. The zero-order valence-corrected chi connectivity index (χ0v) is 22.6. The third kappa shape index (κ3) is 5.90. The van der Waals surface area contributed by atoms with Gasteiger partial charge in [0.05, 0.1) is 22.5 Å². The van der Waals surface area contributed by atoms with Crippen LogP contribution in [0.5, 0.6) is 5.88 Å². The molecule has 2 heterocycles. The van der Waals surface area contributed by atoms with Crippen LogP contribution in [0, 0.1) is 6.92 Å². The van der Waals surface area contributed by atoms with Crippen molar-refractivity contribution in [1.29, 1.82) is 0 Å². The number of aromatic carboxylic acids is 1. The van der Waals surface area contributed by atoms with E-state index in [1.165, 1.54) is 6.07 Å². The first-order valence-corrected chi connectivity index (χ1v) is 13.3. The number of piperazine rings is 1. The summed E-state index contributed by atoms with van der Waals surface area (Å²) in [4.78, 5) is 36.8. The minimum atomic E-state index is -1.03. The van der Waals surface area contributed by atoms with Gasteiger partial charge in [0.1, 0.15) is 0 Å². The maximum Gasteiger partial charge on any atom is 0.336 e. The molecule has 0 atom stereocenters. The van der Waals surface area contributed by atoms with Crippen LogP contribution in [0.2, 0.25) is 0 Å². The summed E-state index contributed by atoms with van der Waals surface area (Å²) in [6, 6.07) is 19.8. The Hall–Kier alpha value is -4.47. The van der Waals surface area contributed by atoms with Crippen LogP contribution >= 0.6 is 0 Å². The van der Waals surface area contributed by atoms with Crippen LogP contribution in [-0.4, -0.2) is 88.9 Å². The second-order valence-corrected chi connectivity index (χ2v) is 10.1. The number of aryl methyl sites for hydroxylation is 1. The summed E-state index contributed by atoms with van der Waals surface area (Å²) < 4.78 is 0. The number of likely N-dealkylation sites (N-methyl/N-ethyl adjacent to an activating group) is 1. The van der Waals surface area contributed by atoms with Gasteiger partial charge in [-0.3, -0.25) is 9.69 Å². The number of nitrogens with zero attached hydrogens (tertiary/aromatic N) is 3. The molecule has 1 aliphatic rings. The van der Waals surface area contributed by atoms with Crippen molar-refractivity contribution >= 4 is 34.2 Å². The number of carboxylic acid groups (broad SMARTS) is 1. The molecule has 5 rings (SSSR count). The first-order chi connectivity index (χ1) is 19.3. The number of nitrogens with one attached hydrogen (secondary N) is 2. The molecule has 0 aliphatic carbocycles. The fourth-order valence-corrected chi connectivity index (χ4v) is 4.98. The highest BCUT2D eigenvalue weighted by Crippen LogP contribution is 2.33. The molecule has 0 spiro atoms. The zero-order valence-electron chi connectivity index (χ0n) is 22.6. The summed E-state index contributed by atoms with van der Waals surface area (Å²) in [5.74, 6) is -1.27. The molecule has 1 amide bonds. The minimum absolute atomic E-state index is 0.101. The average molecular weight is 540 g/mol. The molecule has 0 saturated carbocycles. The number of amides is 1. The van der Waals surface area contributed by atoms with Gasteiger partial charge in [0, 0.05) is 61.3 Å². The molecule has 4 N–H and O–H groups in total. The lowest BCUT2D eigenvalue weighted by molar-refractivity contribution is 0.0696. The van der Waals surface area contributed by atoms with Crippen molar-refractivity contribution in [3.63, 3.8) is 0 Å². The first-order valence-electron chi connectivity index (χ1n) is 13.3. The molecule has 0 radical (unpaired) electrons. The molecule has 9 heteroatoms. The Morgan fingerprint density at radius 1 is 0.975 bits per heavy atom. The van der Waals surface area contributed by atoms with Crippen molar-refractivity contribution in [2.45, 2.75) is 6.92 Å². The Balaban J connectivity index is 1.40. The number of aliphatic imine (C=N–C) groups is 1. The van der Waals surface area contributed by atoms with Crippen LogP contribution in [0.1, 0.15) is 37.4 Å². The summed E-state index contributed by atoms with van der Waals surface area (Å²) >= 11 is 0. The Morgan fingerprint density at radius 3 is 2.35 bits per heavy atom. The number of H-pyrrole nitrogens is 1. The molecule has 1 aliphatic heterocycles. The summed E-state index contributed by atoms with van der Waals surface area (Å²) in [7, 11) is 2.12. The number of aromatic hydroxyl groups is 1. The standard InChI is InChI=1S/C31H33N5O4/c1-20-18-25-26(19-24(20)31(39)40)34-30(38)27(25)28(21-6-4-3-5-7-21)33-23-10-8-22(9-11-23)29(37)32-12-13-36-16-14-35(2)15-17-36/h3-11,18-19,34,38H,12-17H2,1-2H3,(H,32,37)(H,39,40). The SMILES string of the molecule is Cc1cc2c(C(=Nc3ccc(C(=O)NCCN4CCN(C)CC4)cc3)c3ccccc3)c(O)[nH]c2cc1C(=O)O. The monoisotopic (exact) mass is 539 g/mol. The zero-order chi connectivity index (χ0) is 28.2. The van der Waals surface area contributed by atoms with Crippen LogP contribution in [0.3, 0.4) is 0 Å². The van der Waals surface area contributed by atoms with Crippen molar-refractivity contribution < 1.29 is 19.8 Å². The van der Waals surface area contributed by atoms with E-state index in [0.29, 0.717) is 45.5 Å². The highest BCUT2D eigenvalue weighted by atomic mass is 16.4. The molecule has 0 bridgehead atoms. The van der Waals surface area contributed by atoms with Crippen LogP contribution in [0.25, 0.3) is 10.9 Å². The maximum atomic E-state index is 12.7. The maximum absolute atomic E-state index is 12.7. The molecular weight excluding hydrogens is 506 g/mol. The Kier molecular flexibility index (Phi) is 7.95. The largest absolute Gasteiger partial charge is 0.494 e. The van der Waals surface area contributed by atoms with Crippen molar-refractivity contribution in [3.05, 3.63) is 94.5 Å². The normalized spacial score (nSPS) is 14.9. The number of hydrogen-bond acceptors (Lipinski definition) is 6. The van der Waals surface area contributed by atoms with Gasteiger partial charge in [-0.25, -0.2) is 9.79 Å². The molecular formula is C31H33N5O4. The fraction of sp³-hybridized carbons (Fsp3) is 0.258. The van der Waals surface area contributed by atoms with Gasteiger partial charge in [0.15, 0.2) is 5.88 Å². The van der Waals surface area contributed by atoms with Crippen molar-refractivity contribution in [3.8, 4) is 5.88 Å². The summed E-state index contributed by atoms with van der Waals surface area (Å²) in [6.45, 7) is 7.24. The van der Waals surface area contributed by atoms with Gasteiger partial charge < -0.3 is 25.4 Å². The number of hydrogen-bond donors (Lipinski definition) is 4. The van der Waals surface area contributed by atoms with Gasteiger partial charge in [-0.15, -0.1) is 0 Å². The lowest BCUT2D eigenvalue weighted by Crippen LogP contribution is -2.46. The summed E-state index contributed by atoms with van der Waals surface area (Å²) in [5.41, 5.74) is 4.19. The van der Waals surface area contributed by atoms with E-state index in [1.807, 2.05) is 30.3 Å². The fourth-order valence-electron chi connectivity index (χ4n) is 4.98. The first kappa shape index (κ1) is 27.1. The third-order valence-electron chi connectivity index (χ3n) is 7.32. The molecule has 4 aromatic rings. The number of carbonyl (C=O) groups excluding carboxylic acids is 1. The van der Waals surface area contributed by atoms with Crippen molar-refractivity contribution in [1.82, 2.24) is 20.1 Å². The molecule has 3 aromatic carbocycles. The van der Waals surface area contributed by atoms with Gasteiger partial charge in [0.2, 0.25) is 0 Å². The Bertz CT molecular complexity index is 1550. The number of carboxylic acids is 1. The van der Waals surface area contributed by atoms with E-state index in [9.17, 15) is 19.8 Å². The summed E-state index contributed by atoms with van der Waals surface area (Å²) in [6.07, 6.45) is 0. The van der Waals surface area contributed by atoms with E-state index in [0.717, 1.165) is 38.3 Å². The van der Waals surface area contributed by atoms with E-state index in [1.54, 1.807) is 37.3 Å². The van der Waals surface area contributed by atoms with Crippen LogP contribution in [0.15, 0.2) is 71.7 Å². The number of carbonyl (C=O) groups is 2. The molecule has 0 unspecified atom stereocenters. The van der Waals surface area contributed by atoms with Gasteiger partial charge in [0.25, 0.3) is 5.91 Å². The lowest BCUT2D eigenvalue weighted by atomic mass is 9.98. The van der Waals surface area contributed by atoms with E-state index in [-0.39, 0.29) is 17.4 Å². The van der Waals surface area contributed by atoms with E-state index >= 15 is 0 Å². The molecule has 40 heavy (non-hydrogen) atoms. The highest BCUT2D eigenvalue weighted by molar-refractivity contribution is 6.22.